The van der Waals surface area contributed by atoms with Crippen LogP contribution in [0.3, 0.4) is 0 Å². The zero-order valence-electron chi connectivity index (χ0n) is 8.93. The number of nitrogens with one attached hydrogen (secondary N) is 1. The topological polar surface area (TPSA) is 12.0 Å². The Morgan fingerprint density at radius 1 is 1.53 bits per heavy atom. The average Bonchev–Trinajstić information content (AvgIpc) is 2.90. The van der Waals surface area contributed by atoms with Crippen molar-refractivity contribution >= 4 is 15.9 Å². The number of rotatable bonds is 3. The Morgan fingerprint density at radius 2 is 2.20 bits per heavy atom. The fourth-order valence-electron chi connectivity index (χ4n) is 2.17. The van der Waals surface area contributed by atoms with E-state index in [1.807, 2.05) is 13.1 Å². The summed E-state index contributed by atoms with van der Waals surface area (Å²) in [5.74, 6) is 1.18. The van der Waals surface area contributed by atoms with Crippen LogP contribution in [0.1, 0.15) is 24.9 Å². The first-order chi connectivity index (χ1) is 7.13. The Labute approximate surface area is 98.2 Å². The van der Waals surface area contributed by atoms with Crippen LogP contribution in [-0.4, -0.2) is 7.05 Å². The number of hydrogen-bond donors (Lipinski definition) is 1. The normalized spacial score (nSPS) is 26.4. The van der Waals surface area contributed by atoms with Crippen molar-refractivity contribution in [2.45, 2.75) is 19.4 Å². The molecule has 1 N–H and O–H groups in total. The molecular weight excluding hydrogens is 257 g/mol. The molecule has 3 heteroatoms. The summed E-state index contributed by atoms with van der Waals surface area (Å²) in [7, 11) is 1.90. The molecule has 3 unspecified atom stereocenters. The van der Waals surface area contributed by atoms with Crippen molar-refractivity contribution in [1.29, 1.82) is 0 Å². The lowest BCUT2D eigenvalue weighted by atomic mass is 10.0. The first-order valence-corrected chi connectivity index (χ1v) is 6.05. The third-order valence-corrected chi connectivity index (χ3v) is 3.70. The second-order valence-electron chi connectivity index (χ2n) is 4.31. The van der Waals surface area contributed by atoms with Crippen molar-refractivity contribution < 1.29 is 4.39 Å². The third-order valence-electron chi connectivity index (χ3n) is 3.20. The minimum absolute atomic E-state index is 0.114. The second-order valence-corrected chi connectivity index (χ2v) is 5.22. The van der Waals surface area contributed by atoms with Crippen molar-refractivity contribution in [2.24, 2.45) is 11.8 Å². The van der Waals surface area contributed by atoms with Crippen LogP contribution in [-0.2, 0) is 0 Å². The van der Waals surface area contributed by atoms with Crippen LogP contribution in [0.2, 0.25) is 0 Å². The zero-order chi connectivity index (χ0) is 11.0. The highest BCUT2D eigenvalue weighted by molar-refractivity contribution is 9.10. The largest absolute Gasteiger partial charge is 0.313 e. The van der Waals surface area contributed by atoms with E-state index in [0.717, 1.165) is 10.0 Å². The molecule has 1 nitrogen and oxygen atoms in total. The maximum Gasteiger partial charge on any atom is 0.128 e. The van der Waals surface area contributed by atoms with Gasteiger partial charge in [-0.3, -0.25) is 0 Å². The summed E-state index contributed by atoms with van der Waals surface area (Å²) in [6.07, 6.45) is 1.19. The molecule has 0 heterocycles. The predicted octanol–water partition coefficient (Wildman–Crippen LogP) is 3.50. The molecular formula is C12H15BrFN. The number of halogens is 2. The minimum Gasteiger partial charge on any atom is -0.313 e. The number of benzene rings is 1. The summed E-state index contributed by atoms with van der Waals surface area (Å²) >= 11 is 3.38. The SMILES string of the molecule is CNC(c1cc(Br)ccc1F)C1CC1C. The summed E-state index contributed by atoms with van der Waals surface area (Å²) in [4.78, 5) is 0. The van der Waals surface area contributed by atoms with Gasteiger partial charge in [-0.05, 0) is 43.5 Å². The van der Waals surface area contributed by atoms with Gasteiger partial charge in [0.05, 0.1) is 0 Å². The minimum atomic E-state index is -0.114. The smallest absolute Gasteiger partial charge is 0.128 e. The first-order valence-electron chi connectivity index (χ1n) is 5.25. The van der Waals surface area contributed by atoms with E-state index in [1.165, 1.54) is 12.5 Å². The van der Waals surface area contributed by atoms with Crippen LogP contribution < -0.4 is 5.32 Å². The lowest BCUT2D eigenvalue weighted by Gasteiger charge is -2.17. The Kier molecular flexibility index (Phi) is 3.12. The Bertz CT molecular complexity index is 367. The highest BCUT2D eigenvalue weighted by Gasteiger charge is 2.40. The van der Waals surface area contributed by atoms with Crippen LogP contribution in [0.25, 0.3) is 0 Å². The van der Waals surface area contributed by atoms with Gasteiger partial charge >= 0.3 is 0 Å². The van der Waals surface area contributed by atoms with Gasteiger partial charge in [-0.15, -0.1) is 0 Å². The fraction of sp³-hybridized carbons (Fsp3) is 0.500. The standard InChI is InChI=1S/C12H15BrFN/c1-7-5-9(7)12(15-2)10-6-8(13)3-4-11(10)14/h3-4,6-7,9,12,15H,5H2,1-2H3. The van der Waals surface area contributed by atoms with Crippen molar-refractivity contribution in [2.75, 3.05) is 7.05 Å². The third kappa shape index (κ3) is 2.23. The summed E-state index contributed by atoms with van der Waals surface area (Å²) in [6, 6.07) is 5.29. The summed E-state index contributed by atoms with van der Waals surface area (Å²) in [5.41, 5.74) is 0.779. The van der Waals surface area contributed by atoms with Crippen molar-refractivity contribution in [3.8, 4) is 0 Å². The summed E-state index contributed by atoms with van der Waals surface area (Å²) in [5, 5.41) is 3.22. The van der Waals surface area contributed by atoms with Gasteiger partial charge in [-0.1, -0.05) is 22.9 Å². The van der Waals surface area contributed by atoms with E-state index in [4.69, 9.17) is 0 Å². The maximum absolute atomic E-state index is 13.7. The van der Waals surface area contributed by atoms with E-state index in [9.17, 15) is 4.39 Å². The Hall–Kier alpha value is -0.410. The van der Waals surface area contributed by atoms with Gasteiger partial charge in [0.15, 0.2) is 0 Å². The molecule has 0 spiro atoms. The van der Waals surface area contributed by atoms with Gasteiger partial charge in [0, 0.05) is 16.1 Å². The van der Waals surface area contributed by atoms with E-state index < -0.39 is 0 Å². The van der Waals surface area contributed by atoms with Crippen LogP contribution in [0.15, 0.2) is 22.7 Å². The monoisotopic (exact) mass is 271 g/mol. The molecule has 1 aromatic carbocycles. The molecule has 0 amide bonds. The molecule has 15 heavy (non-hydrogen) atoms. The van der Waals surface area contributed by atoms with Gasteiger partial charge in [-0.25, -0.2) is 4.39 Å². The molecule has 1 aliphatic rings. The van der Waals surface area contributed by atoms with Gasteiger partial charge in [0.1, 0.15) is 5.82 Å². The molecule has 1 fully saturated rings. The molecule has 82 valence electrons. The van der Waals surface area contributed by atoms with Crippen LogP contribution in [0, 0.1) is 17.7 Å². The highest BCUT2D eigenvalue weighted by atomic mass is 79.9. The average molecular weight is 272 g/mol. The van der Waals surface area contributed by atoms with E-state index in [0.29, 0.717) is 11.8 Å². The van der Waals surface area contributed by atoms with Crippen molar-refractivity contribution in [3.05, 3.63) is 34.1 Å². The Balaban J connectivity index is 2.29. The summed E-state index contributed by atoms with van der Waals surface area (Å²) in [6.45, 7) is 2.21. The predicted molar refractivity (Wildman–Crippen MR) is 63.2 cm³/mol. The van der Waals surface area contributed by atoms with E-state index in [-0.39, 0.29) is 11.9 Å². The van der Waals surface area contributed by atoms with E-state index >= 15 is 0 Å². The van der Waals surface area contributed by atoms with Gasteiger partial charge in [-0.2, -0.15) is 0 Å². The maximum atomic E-state index is 13.7. The van der Waals surface area contributed by atoms with E-state index in [2.05, 4.69) is 28.2 Å². The van der Waals surface area contributed by atoms with Gasteiger partial charge in [0.25, 0.3) is 0 Å². The molecule has 0 bridgehead atoms. The molecule has 3 atom stereocenters. The zero-order valence-corrected chi connectivity index (χ0v) is 10.5. The van der Waals surface area contributed by atoms with Gasteiger partial charge < -0.3 is 5.32 Å². The molecule has 2 rings (SSSR count). The van der Waals surface area contributed by atoms with Crippen LogP contribution in [0.4, 0.5) is 4.39 Å². The quantitative estimate of drug-likeness (QED) is 0.888. The molecule has 1 saturated carbocycles. The van der Waals surface area contributed by atoms with Crippen LogP contribution >= 0.6 is 15.9 Å². The highest BCUT2D eigenvalue weighted by Crippen LogP contribution is 2.47. The fourth-order valence-corrected chi connectivity index (χ4v) is 2.55. The lowest BCUT2D eigenvalue weighted by molar-refractivity contribution is 0.474. The molecule has 1 aromatic rings. The molecule has 0 saturated heterocycles. The van der Waals surface area contributed by atoms with E-state index in [1.54, 1.807) is 6.07 Å². The number of hydrogen-bond acceptors (Lipinski definition) is 1. The molecule has 0 aromatic heterocycles. The van der Waals surface area contributed by atoms with Crippen molar-refractivity contribution in [1.82, 2.24) is 5.32 Å². The van der Waals surface area contributed by atoms with Crippen LogP contribution in [0.5, 0.6) is 0 Å². The summed E-state index contributed by atoms with van der Waals surface area (Å²) < 4.78 is 14.6. The first kappa shape index (κ1) is 11.1. The molecule has 0 aliphatic heterocycles. The van der Waals surface area contributed by atoms with Crippen molar-refractivity contribution in [3.63, 3.8) is 0 Å². The Morgan fingerprint density at radius 3 is 2.73 bits per heavy atom. The molecule has 0 radical (unpaired) electrons. The molecule has 1 aliphatic carbocycles. The van der Waals surface area contributed by atoms with Gasteiger partial charge in [0.2, 0.25) is 0 Å². The second kappa shape index (κ2) is 4.22. The lowest BCUT2D eigenvalue weighted by Crippen LogP contribution is -2.20.